The number of hydrogen-bond donors (Lipinski definition) is 1. The van der Waals surface area contributed by atoms with E-state index < -0.39 is 0 Å². The number of benzene rings is 2. The second-order valence-corrected chi connectivity index (χ2v) is 4.50. The summed E-state index contributed by atoms with van der Waals surface area (Å²) >= 11 is 0. The predicted octanol–water partition coefficient (Wildman–Crippen LogP) is 2.94. The molecule has 0 amide bonds. The van der Waals surface area contributed by atoms with Gasteiger partial charge in [0.15, 0.2) is 0 Å². The van der Waals surface area contributed by atoms with Gasteiger partial charge in [-0.25, -0.2) is 4.79 Å². The second-order valence-electron chi connectivity index (χ2n) is 4.50. The maximum atomic E-state index is 12.0. The summed E-state index contributed by atoms with van der Waals surface area (Å²) in [6.45, 7) is 2.06. The number of ether oxygens (including phenoxy) is 2. The third-order valence-electron chi connectivity index (χ3n) is 3.00. The van der Waals surface area contributed by atoms with E-state index in [-0.39, 0.29) is 12.6 Å². The number of hydrogen-bond acceptors (Lipinski definition) is 4. The average Bonchev–Trinajstić information content (AvgIpc) is 2.45. The van der Waals surface area contributed by atoms with Gasteiger partial charge in [0.05, 0.1) is 12.7 Å². The predicted molar refractivity (Wildman–Crippen MR) is 77.7 cm³/mol. The standard InChI is InChI=1S/C16H17NO3/c1-11-9-13(17)5-8-15(11)16(18)20-10-12-3-6-14(19-2)7-4-12/h3-9H,10,17H2,1-2H3. The van der Waals surface area contributed by atoms with Gasteiger partial charge < -0.3 is 15.2 Å². The van der Waals surface area contributed by atoms with E-state index in [0.717, 1.165) is 16.9 Å². The Labute approximate surface area is 118 Å². The van der Waals surface area contributed by atoms with E-state index in [1.54, 1.807) is 25.3 Å². The molecule has 0 aliphatic rings. The Bertz CT molecular complexity index is 606. The van der Waals surface area contributed by atoms with E-state index in [9.17, 15) is 4.79 Å². The van der Waals surface area contributed by atoms with Crippen molar-refractivity contribution in [2.24, 2.45) is 0 Å². The van der Waals surface area contributed by atoms with Crippen LogP contribution < -0.4 is 10.5 Å². The van der Waals surface area contributed by atoms with Crippen molar-refractivity contribution in [3.63, 3.8) is 0 Å². The van der Waals surface area contributed by atoms with Gasteiger partial charge in [0.1, 0.15) is 12.4 Å². The molecule has 2 aromatic rings. The van der Waals surface area contributed by atoms with E-state index in [0.29, 0.717) is 11.3 Å². The van der Waals surface area contributed by atoms with Gasteiger partial charge in [-0.15, -0.1) is 0 Å². The summed E-state index contributed by atoms with van der Waals surface area (Å²) in [5.41, 5.74) is 8.54. The molecule has 0 spiro atoms. The van der Waals surface area contributed by atoms with E-state index in [1.165, 1.54) is 0 Å². The molecule has 0 aromatic heterocycles. The van der Waals surface area contributed by atoms with Crippen LogP contribution in [0.5, 0.6) is 5.75 Å². The lowest BCUT2D eigenvalue weighted by Crippen LogP contribution is -2.07. The molecular formula is C16H17NO3. The Morgan fingerprint density at radius 3 is 2.45 bits per heavy atom. The fourth-order valence-electron chi connectivity index (χ4n) is 1.86. The van der Waals surface area contributed by atoms with Crippen LogP contribution in [0.25, 0.3) is 0 Å². The minimum absolute atomic E-state index is 0.229. The smallest absolute Gasteiger partial charge is 0.338 e. The molecular weight excluding hydrogens is 254 g/mol. The van der Waals surface area contributed by atoms with Crippen LogP contribution in [0.4, 0.5) is 5.69 Å². The van der Waals surface area contributed by atoms with Crippen LogP contribution in [0.3, 0.4) is 0 Å². The van der Waals surface area contributed by atoms with Crippen molar-refractivity contribution < 1.29 is 14.3 Å². The molecule has 0 aliphatic heterocycles. The minimum Gasteiger partial charge on any atom is -0.497 e. The maximum absolute atomic E-state index is 12.0. The van der Waals surface area contributed by atoms with Crippen molar-refractivity contribution >= 4 is 11.7 Å². The third kappa shape index (κ3) is 3.29. The molecule has 0 unspecified atom stereocenters. The average molecular weight is 271 g/mol. The summed E-state index contributed by atoms with van der Waals surface area (Å²) in [7, 11) is 1.61. The molecule has 4 heteroatoms. The van der Waals surface area contributed by atoms with Crippen LogP contribution in [-0.4, -0.2) is 13.1 Å². The number of carbonyl (C=O) groups is 1. The van der Waals surface area contributed by atoms with Crippen LogP contribution in [0.15, 0.2) is 42.5 Å². The first-order valence-electron chi connectivity index (χ1n) is 6.26. The molecule has 2 rings (SSSR count). The van der Waals surface area contributed by atoms with Gasteiger partial charge >= 0.3 is 5.97 Å². The number of methoxy groups -OCH3 is 1. The first kappa shape index (κ1) is 13.9. The summed E-state index contributed by atoms with van der Waals surface area (Å²) in [5.74, 6) is 0.424. The summed E-state index contributed by atoms with van der Waals surface area (Å²) in [5, 5.41) is 0. The maximum Gasteiger partial charge on any atom is 0.338 e. The summed E-state index contributed by atoms with van der Waals surface area (Å²) in [6, 6.07) is 12.5. The summed E-state index contributed by atoms with van der Waals surface area (Å²) in [4.78, 5) is 12.0. The van der Waals surface area contributed by atoms with Gasteiger partial charge in [0.25, 0.3) is 0 Å². The van der Waals surface area contributed by atoms with E-state index in [2.05, 4.69) is 0 Å². The van der Waals surface area contributed by atoms with E-state index in [4.69, 9.17) is 15.2 Å². The number of anilines is 1. The molecule has 0 saturated heterocycles. The lowest BCUT2D eigenvalue weighted by molar-refractivity contribution is 0.0472. The molecule has 2 aromatic carbocycles. The Kier molecular flexibility index (Phi) is 4.25. The van der Waals surface area contributed by atoms with Gasteiger partial charge in [0.2, 0.25) is 0 Å². The molecule has 0 bridgehead atoms. The molecule has 20 heavy (non-hydrogen) atoms. The monoisotopic (exact) mass is 271 g/mol. The van der Waals surface area contributed by atoms with Crippen molar-refractivity contribution in [1.82, 2.24) is 0 Å². The van der Waals surface area contributed by atoms with Gasteiger partial charge in [-0.05, 0) is 48.4 Å². The van der Waals surface area contributed by atoms with Crippen LogP contribution in [0, 0.1) is 6.92 Å². The normalized spacial score (nSPS) is 10.1. The van der Waals surface area contributed by atoms with Crippen molar-refractivity contribution in [2.75, 3.05) is 12.8 Å². The van der Waals surface area contributed by atoms with Gasteiger partial charge in [-0.2, -0.15) is 0 Å². The van der Waals surface area contributed by atoms with E-state index in [1.807, 2.05) is 31.2 Å². The molecule has 0 atom stereocenters. The van der Waals surface area contributed by atoms with Crippen LogP contribution in [0.2, 0.25) is 0 Å². The van der Waals surface area contributed by atoms with Crippen molar-refractivity contribution in [3.8, 4) is 5.75 Å². The molecule has 0 radical (unpaired) electrons. The number of rotatable bonds is 4. The van der Waals surface area contributed by atoms with Crippen LogP contribution in [-0.2, 0) is 11.3 Å². The quantitative estimate of drug-likeness (QED) is 0.686. The minimum atomic E-state index is -0.349. The van der Waals surface area contributed by atoms with Crippen molar-refractivity contribution in [2.45, 2.75) is 13.5 Å². The zero-order valence-corrected chi connectivity index (χ0v) is 11.6. The number of aryl methyl sites for hydroxylation is 1. The molecule has 0 aliphatic carbocycles. The topological polar surface area (TPSA) is 61.5 Å². The number of esters is 1. The van der Waals surface area contributed by atoms with E-state index >= 15 is 0 Å². The zero-order valence-electron chi connectivity index (χ0n) is 11.6. The Morgan fingerprint density at radius 2 is 1.85 bits per heavy atom. The third-order valence-corrected chi connectivity index (χ3v) is 3.00. The number of nitrogens with two attached hydrogens (primary N) is 1. The van der Waals surface area contributed by atoms with Crippen LogP contribution in [0.1, 0.15) is 21.5 Å². The van der Waals surface area contributed by atoms with Crippen molar-refractivity contribution in [3.05, 3.63) is 59.2 Å². The van der Waals surface area contributed by atoms with Crippen LogP contribution >= 0.6 is 0 Å². The molecule has 104 valence electrons. The van der Waals surface area contributed by atoms with Gasteiger partial charge in [0, 0.05) is 5.69 Å². The fraction of sp³-hybridized carbons (Fsp3) is 0.188. The first-order valence-corrected chi connectivity index (χ1v) is 6.26. The lowest BCUT2D eigenvalue weighted by Gasteiger charge is -2.08. The number of nitrogen functional groups attached to an aromatic ring is 1. The largest absolute Gasteiger partial charge is 0.497 e. The molecule has 0 heterocycles. The molecule has 0 fully saturated rings. The molecule has 2 N–H and O–H groups in total. The number of carbonyl (C=O) groups excluding carboxylic acids is 1. The highest BCUT2D eigenvalue weighted by atomic mass is 16.5. The fourth-order valence-corrected chi connectivity index (χ4v) is 1.86. The highest BCUT2D eigenvalue weighted by molar-refractivity contribution is 5.91. The second kappa shape index (κ2) is 6.10. The Balaban J connectivity index is 2.00. The molecule has 0 saturated carbocycles. The highest BCUT2D eigenvalue weighted by Gasteiger charge is 2.10. The van der Waals surface area contributed by atoms with Gasteiger partial charge in [-0.3, -0.25) is 0 Å². The highest BCUT2D eigenvalue weighted by Crippen LogP contribution is 2.16. The van der Waals surface area contributed by atoms with Gasteiger partial charge in [-0.1, -0.05) is 12.1 Å². The summed E-state index contributed by atoms with van der Waals surface area (Å²) in [6.07, 6.45) is 0. The SMILES string of the molecule is COc1ccc(COC(=O)c2ccc(N)cc2C)cc1. The first-order chi connectivity index (χ1) is 9.60. The molecule has 4 nitrogen and oxygen atoms in total. The lowest BCUT2D eigenvalue weighted by atomic mass is 10.1. The Hall–Kier alpha value is -2.49. The summed E-state index contributed by atoms with van der Waals surface area (Å²) < 4.78 is 10.4. The zero-order chi connectivity index (χ0) is 14.5. The Morgan fingerprint density at radius 1 is 1.15 bits per heavy atom. The van der Waals surface area contributed by atoms with Crippen molar-refractivity contribution in [1.29, 1.82) is 0 Å².